The van der Waals surface area contributed by atoms with Crippen molar-refractivity contribution in [1.29, 1.82) is 0 Å². The van der Waals surface area contributed by atoms with Crippen LogP contribution in [0.3, 0.4) is 0 Å². The van der Waals surface area contributed by atoms with Crippen LogP contribution in [0.2, 0.25) is 0 Å². The number of aromatic nitrogens is 1. The molecule has 4 heteroatoms. The number of hydrogen-bond donors (Lipinski definition) is 0. The molecule has 0 amide bonds. The van der Waals surface area contributed by atoms with Crippen molar-refractivity contribution in [2.24, 2.45) is 0 Å². The number of halogens is 1. The molecule has 0 atom stereocenters. The first-order chi connectivity index (χ1) is 11.3. The van der Waals surface area contributed by atoms with Crippen molar-refractivity contribution in [1.82, 2.24) is 4.98 Å². The van der Waals surface area contributed by atoms with Crippen LogP contribution >= 0.6 is 11.6 Å². The van der Waals surface area contributed by atoms with Crippen molar-refractivity contribution in [3.8, 4) is 0 Å². The maximum Gasteiger partial charge on any atom is 0.347 e. The van der Waals surface area contributed by atoms with Crippen LogP contribution < -0.4 is 5.63 Å². The standard InChI is InChI=1S/C20H18ClNO2/c1-20(2,3)14-10-8-13(9-11-14)12-16(21)18-22-17-7-5-4-6-15(17)19(23)24-18/h4-12H,1-3H3/b16-12-. The van der Waals surface area contributed by atoms with Crippen molar-refractivity contribution < 1.29 is 4.42 Å². The van der Waals surface area contributed by atoms with Gasteiger partial charge in [0.05, 0.1) is 10.9 Å². The molecule has 0 aliphatic carbocycles. The van der Waals surface area contributed by atoms with Crippen molar-refractivity contribution >= 4 is 33.6 Å². The van der Waals surface area contributed by atoms with Gasteiger partial charge in [-0.15, -0.1) is 0 Å². The molecule has 24 heavy (non-hydrogen) atoms. The SMILES string of the molecule is CC(C)(C)c1ccc(/C=C(\Cl)c2nc3ccccc3c(=O)o2)cc1. The predicted octanol–water partition coefficient (Wildman–Crippen LogP) is 5.22. The van der Waals surface area contributed by atoms with Crippen molar-refractivity contribution in [3.63, 3.8) is 0 Å². The number of nitrogens with zero attached hydrogens (tertiary/aromatic N) is 1. The Hall–Kier alpha value is -2.39. The molecule has 1 heterocycles. The van der Waals surface area contributed by atoms with Gasteiger partial charge in [0.15, 0.2) is 0 Å². The second-order valence-corrected chi connectivity index (χ2v) is 7.10. The van der Waals surface area contributed by atoms with Gasteiger partial charge in [0, 0.05) is 0 Å². The lowest BCUT2D eigenvalue weighted by Gasteiger charge is -2.18. The smallest absolute Gasteiger partial charge is 0.347 e. The number of rotatable bonds is 2. The van der Waals surface area contributed by atoms with Crippen LogP contribution in [0.1, 0.15) is 37.8 Å². The Morgan fingerprint density at radius 1 is 1.08 bits per heavy atom. The molecule has 1 aromatic heterocycles. The van der Waals surface area contributed by atoms with E-state index in [0.29, 0.717) is 15.9 Å². The lowest BCUT2D eigenvalue weighted by Crippen LogP contribution is -2.10. The average Bonchev–Trinajstić information content (AvgIpc) is 2.54. The molecule has 0 saturated heterocycles. The highest BCUT2D eigenvalue weighted by Crippen LogP contribution is 2.25. The van der Waals surface area contributed by atoms with Gasteiger partial charge in [-0.1, -0.05) is 68.8 Å². The second-order valence-electron chi connectivity index (χ2n) is 6.69. The lowest BCUT2D eigenvalue weighted by molar-refractivity contribution is 0.489. The highest BCUT2D eigenvalue weighted by Gasteiger charge is 2.13. The molecule has 0 spiro atoms. The third kappa shape index (κ3) is 3.41. The lowest BCUT2D eigenvalue weighted by atomic mass is 9.87. The topological polar surface area (TPSA) is 43.1 Å². The fourth-order valence-electron chi connectivity index (χ4n) is 2.41. The van der Waals surface area contributed by atoms with Gasteiger partial charge in [-0.2, -0.15) is 0 Å². The Kier molecular flexibility index (Phi) is 4.29. The van der Waals surface area contributed by atoms with E-state index in [2.05, 4.69) is 37.9 Å². The average molecular weight is 340 g/mol. The molecule has 0 fully saturated rings. The molecular weight excluding hydrogens is 322 g/mol. The zero-order valence-corrected chi connectivity index (χ0v) is 14.6. The molecule has 0 bridgehead atoms. The first-order valence-electron chi connectivity index (χ1n) is 7.72. The minimum absolute atomic E-state index is 0.0960. The molecule has 2 aromatic carbocycles. The molecule has 122 valence electrons. The number of fused-ring (bicyclic) bond motifs is 1. The van der Waals surface area contributed by atoms with Gasteiger partial charge in [0.2, 0.25) is 5.89 Å². The molecule has 0 unspecified atom stereocenters. The summed E-state index contributed by atoms with van der Waals surface area (Å²) in [5.41, 5.74) is 2.39. The van der Waals surface area contributed by atoms with Crippen LogP contribution in [0.25, 0.3) is 22.0 Å². The van der Waals surface area contributed by atoms with Crippen LogP contribution in [0.4, 0.5) is 0 Å². The maximum absolute atomic E-state index is 12.0. The zero-order chi connectivity index (χ0) is 17.3. The first kappa shape index (κ1) is 16.5. The summed E-state index contributed by atoms with van der Waals surface area (Å²) >= 11 is 6.31. The van der Waals surface area contributed by atoms with Gasteiger partial charge in [0.1, 0.15) is 5.03 Å². The molecule has 0 aliphatic rings. The van der Waals surface area contributed by atoms with E-state index in [0.717, 1.165) is 5.56 Å². The molecule has 3 rings (SSSR count). The Balaban J connectivity index is 1.98. The van der Waals surface area contributed by atoms with Gasteiger partial charge in [-0.05, 0) is 34.8 Å². The van der Waals surface area contributed by atoms with E-state index >= 15 is 0 Å². The summed E-state index contributed by atoms with van der Waals surface area (Å²) in [6, 6.07) is 15.2. The Labute approximate surface area is 145 Å². The summed E-state index contributed by atoms with van der Waals surface area (Å²) in [6.07, 6.45) is 1.74. The van der Waals surface area contributed by atoms with Crippen LogP contribution in [0.15, 0.2) is 57.7 Å². The Morgan fingerprint density at radius 2 is 1.75 bits per heavy atom. The van der Waals surface area contributed by atoms with Crippen molar-refractivity contribution in [3.05, 3.63) is 76.0 Å². The summed E-state index contributed by atoms with van der Waals surface area (Å²) in [6.45, 7) is 6.50. The number of benzene rings is 2. The van der Waals surface area contributed by atoms with E-state index in [-0.39, 0.29) is 11.3 Å². The molecule has 3 aromatic rings. The van der Waals surface area contributed by atoms with E-state index in [9.17, 15) is 4.79 Å². The third-order valence-electron chi connectivity index (χ3n) is 3.81. The van der Waals surface area contributed by atoms with E-state index in [1.165, 1.54) is 5.56 Å². The minimum atomic E-state index is -0.440. The fourth-order valence-corrected chi connectivity index (χ4v) is 2.62. The summed E-state index contributed by atoms with van der Waals surface area (Å²) in [7, 11) is 0. The summed E-state index contributed by atoms with van der Waals surface area (Å²) in [4.78, 5) is 16.3. The molecule has 3 nitrogen and oxygen atoms in total. The van der Waals surface area contributed by atoms with Crippen LogP contribution in [0.5, 0.6) is 0 Å². The first-order valence-corrected chi connectivity index (χ1v) is 8.10. The van der Waals surface area contributed by atoms with E-state index in [1.807, 2.05) is 18.2 Å². The van der Waals surface area contributed by atoms with Crippen LogP contribution in [0, 0.1) is 0 Å². The van der Waals surface area contributed by atoms with Gasteiger partial charge in [0.25, 0.3) is 0 Å². The highest BCUT2D eigenvalue weighted by atomic mass is 35.5. The van der Waals surface area contributed by atoms with Gasteiger partial charge in [-0.25, -0.2) is 9.78 Å². The van der Waals surface area contributed by atoms with Crippen molar-refractivity contribution in [2.45, 2.75) is 26.2 Å². The summed E-state index contributed by atoms with van der Waals surface area (Å²) < 4.78 is 5.24. The molecular formula is C20H18ClNO2. The molecule has 0 aliphatic heterocycles. The molecule has 0 radical (unpaired) electrons. The molecule has 0 saturated carbocycles. The largest absolute Gasteiger partial charge is 0.402 e. The predicted molar refractivity (Wildman–Crippen MR) is 99.1 cm³/mol. The number of para-hydroxylation sites is 1. The second kappa shape index (κ2) is 6.25. The Bertz CT molecular complexity index is 963. The quantitative estimate of drug-likeness (QED) is 0.642. The van der Waals surface area contributed by atoms with E-state index < -0.39 is 5.63 Å². The minimum Gasteiger partial charge on any atom is -0.402 e. The summed E-state index contributed by atoms with van der Waals surface area (Å²) in [5.74, 6) is 0.125. The normalized spacial score (nSPS) is 12.6. The van der Waals surface area contributed by atoms with Gasteiger partial charge >= 0.3 is 5.63 Å². The van der Waals surface area contributed by atoms with E-state index in [4.69, 9.17) is 16.0 Å². The van der Waals surface area contributed by atoms with Gasteiger partial charge < -0.3 is 4.42 Å². The highest BCUT2D eigenvalue weighted by molar-refractivity contribution is 6.50. The van der Waals surface area contributed by atoms with Crippen LogP contribution in [-0.4, -0.2) is 4.98 Å². The third-order valence-corrected chi connectivity index (χ3v) is 4.08. The number of hydrogen-bond acceptors (Lipinski definition) is 3. The van der Waals surface area contributed by atoms with E-state index in [1.54, 1.807) is 24.3 Å². The maximum atomic E-state index is 12.0. The Morgan fingerprint density at radius 3 is 2.42 bits per heavy atom. The van der Waals surface area contributed by atoms with Gasteiger partial charge in [-0.3, -0.25) is 0 Å². The van der Waals surface area contributed by atoms with Crippen LogP contribution in [-0.2, 0) is 5.41 Å². The zero-order valence-electron chi connectivity index (χ0n) is 13.8. The summed E-state index contributed by atoms with van der Waals surface area (Å²) in [5, 5.41) is 0.738. The molecule has 0 N–H and O–H groups in total. The monoisotopic (exact) mass is 339 g/mol. The van der Waals surface area contributed by atoms with Crippen molar-refractivity contribution in [2.75, 3.05) is 0 Å². The fraction of sp³-hybridized carbons (Fsp3) is 0.200.